The van der Waals surface area contributed by atoms with Crippen LogP contribution in [0.2, 0.25) is 0 Å². The first-order valence-electron chi connectivity index (χ1n) is 10.7. The molecule has 4 N–H and O–H groups in total. The van der Waals surface area contributed by atoms with Gasteiger partial charge in [0.05, 0.1) is 21.6 Å². The van der Waals surface area contributed by atoms with Crippen LogP contribution in [-0.4, -0.2) is 63.8 Å². The number of sulfone groups is 1. The van der Waals surface area contributed by atoms with Crippen LogP contribution in [0, 0.1) is 16.0 Å². The fourth-order valence-corrected chi connectivity index (χ4v) is 5.46. The van der Waals surface area contributed by atoms with Crippen LogP contribution in [0.5, 0.6) is 0 Å². The summed E-state index contributed by atoms with van der Waals surface area (Å²) in [6.07, 6.45) is -3.47. The number of amides is 1. The average Bonchev–Trinajstić information content (AvgIpc) is 2.77. The highest BCUT2D eigenvalue weighted by molar-refractivity contribution is 7.91. The molecule has 0 aliphatic rings. The summed E-state index contributed by atoms with van der Waals surface area (Å²) < 4.78 is 43.0. The van der Waals surface area contributed by atoms with Crippen LogP contribution < -0.4 is 5.43 Å². The van der Waals surface area contributed by atoms with E-state index in [-0.39, 0.29) is 29.5 Å². The van der Waals surface area contributed by atoms with Crippen molar-refractivity contribution in [1.82, 2.24) is 10.4 Å². The minimum atomic E-state index is -5.29. The van der Waals surface area contributed by atoms with Crippen LogP contribution in [0.25, 0.3) is 0 Å². The third kappa shape index (κ3) is 8.97. The van der Waals surface area contributed by atoms with Crippen LogP contribution in [0.15, 0.2) is 59.5 Å². The number of rotatable bonds is 13. The van der Waals surface area contributed by atoms with Crippen molar-refractivity contribution >= 4 is 29.4 Å². The van der Waals surface area contributed by atoms with Crippen LogP contribution in [-0.2, 0) is 25.3 Å². The topological polar surface area (TPSA) is 197 Å². The molecule has 2 aromatic rings. The number of nitrogens with one attached hydrogen (secondary N) is 1. The highest BCUT2D eigenvalue weighted by atomic mass is 32.2. The van der Waals surface area contributed by atoms with E-state index in [4.69, 9.17) is 4.52 Å². The summed E-state index contributed by atoms with van der Waals surface area (Å²) in [5, 5.41) is 21.5. The molecule has 0 saturated carbocycles. The fourth-order valence-electron chi connectivity index (χ4n) is 3.33. The predicted molar refractivity (Wildman–Crippen MR) is 129 cm³/mol. The van der Waals surface area contributed by atoms with Gasteiger partial charge in [0.1, 0.15) is 6.10 Å². The second-order valence-electron chi connectivity index (χ2n) is 8.33. The molecular weight excluding hydrogens is 517 g/mol. The van der Waals surface area contributed by atoms with Gasteiger partial charge < -0.3 is 14.9 Å². The van der Waals surface area contributed by atoms with E-state index in [1.54, 1.807) is 30.3 Å². The monoisotopic (exact) mass is 545 g/mol. The van der Waals surface area contributed by atoms with Gasteiger partial charge in [0, 0.05) is 18.7 Å². The van der Waals surface area contributed by atoms with Gasteiger partial charge in [-0.3, -0.25) is 14.6 Å². The van der Waals surface area contributed by atoms with Gasteiger partial charge in [0.25, 0.3) is 5.69 Å². The van der Waals surface area contributed by atoms with E-state index in [2.05, 4.69) is 5.43 Å². The zero-order valence-corrected chi connectivity index (χ0v) is 21.2. The van der Waals surface area contributed by atoms with E-state index in [1.165, 1.54) is 0 Å². The van der Waals surface area contributed by atoms with E-state index in [0.717, 1.165) is 24.3 Å². The zero-order chi connectivity index (χ0) is 27.1. The number of benzene rings is 2. The van der Waals surface area contributed by atoms with Crippen LogP contribution in [0.3, 0.4) is 0 Å². The lowest BCUT2D eigenvalue weighted by Gasteiger charge is -2.35. The summed E-state index contributed by atoms with van der Waals surface area (Å²) in [5.74, 6) is -1.03. The molecule has 15 heteroatoms. The molecule has 0 aliphatic carbocycles. The first-order chi connectivity index (χ1) is 16.7. The lowest BCUT2D eigenvalue weighted by Crippen LogP contribution is -2.57. The number of phosphoric acid groups is 1. The third-order valence-electron chi connectivity index (χ3n) is 4.99. The van der Waals surface area contributed by atoms with E-state index in [9.17, 15) is 42.8 Å². The van der Waals surface area contributed by atoms with Gasteiger partial charge in [-0.2, -0.15) is 0 Å². The summed E-state index contributed by atoms with van der Waals surface area (Å²) in [7, 11) is -9.63. The SMILES string of the molecule is CC(C)CNN(C(=O)O)[C@@H](Cc1ccccc1)[C@H](CS(=O)(=O)c1ccc([N+](=O)[O-])cc1)OP(=O)(O)O. The number of hydrogen-bond acceptors (Lipinski definition) is 8. The molecule has 0 spiro atoms. The molecular formula is C21H28N3O10PS. The molecule has 0 radical (unpaired) electrons. The maximum atomic E-state index is 13.1. The van der Waals surface area contributed by atoms with Crippen molar-refractivity contribution in [3.8, 4) is 0 Å². The van der Waals surface area contributed by atoms with Crippen molar-refractivity contribution in [2.24, 2.45) is 5.92 Å². The molecule has 0 saturated heterocycles. The zero-order valence-electron chi connectivity index (χ0n) is 19.5. The molecule has 36 heavy (non-hydrogen) atoms. The molecule has 0 unspecified atom stereocenters. The molecule has 2 aromatic carbocycles. The highest BCUT2D eigenvalue weighted by Gasteiger charge is 2.39. The van der Waals surface area contributed by atoms with E-state index in [0.29, 0.717) is 10.6 Å². The number of nitrogens with zero attached hydrogens (tertiary/aromatic N) is 2. The number of carbonyl (C=O) groups is 1. The van der Waals surface area contributed by atoms with Crippen molar-refractivity contribution in [3.63, 3.8) is 0 Å². The first-order valence-corrected chi connectivity index (χ1v) is 13.9. The lowest BCUT2D eigenvalue weighted by molar-refractivity contribution is -0.384. The Morgan fingerprint density at radius 2 is 1.72 bits per heavy atom. The van der Waals surface area contributed by atoms with Crippen molar-refractivity contribution in [2.45, 2.75) is 37.3 Å². The summed E-state index contributed by atoms with van der Waals surface area (Å²) in [4.78, 5) is 41.0. The van der Waals surface area contributed by atoms with Gasteiger partial charge >= 0.3 is 13.9 Å². The molecule has 1 amide bonds. The maximum absolute atomic E-state index is 13.1. The third-order valence-corrected chi connectivity index (χ3v) is 7.29. The largest absolute Gasteiger partial charge is 0.469 e. The molecule has 2 atom stereocenters. The number of nitro groups is 1. The second-order valence-corrected chi connectivity index (χ2v) is 11.6. The minimum absolute atomic E-state index is 0.0192. The Bertz CT molecular complexity index is 1190. The number of non-ortho nitro benzene ring substituents is 1. The Morgan fingerprint density at radius 3 is 2.19 bits per heavy atom. The molecule has 0 aliphatic heterocycles. The maximum Gasteiger partial charge on any atom is 0.469 e. The van der Waals surface area contributed by atoms with E-state index < -0.39 is 46.6 Å². The molecule has 0 aromatic heterocycles. The van der Waals surface area contributed by atoms with Gasteiger partial charge in [-0.1, -0.05) is 44.2 Å². The van der Waals surface area contributed by atoms with E-state index >= 15 is 0 Å². The fraction of sp³-hybridized carbons (Fsp3) is 0.381. The smallest absolute Gasteiger partial charge is 0.464 e. The van der Waals surface area contributed by atoms with Crippen molar-refractivity contribution in [1.29, 1.82) is 0 Å². The average molecular weight is 546 g/mol. The first kappa shape index (κ1) is 29.4. The van der Waals surface area contributed by atoms with Crippen molar-refractivity contribution in [2.75, 3.05) is 12.3 Å². The summed E-state index contributed by atoms with van der Waals surface area (Å²) >= 11 is 0. The van der Waals surface area contributed by atoms with Gasteiger partial charge in [-0.15, -0.1) is 0 Å². The normalized spacial score (nSPS) is 13.8. The minimum Gasteiger partial charge on any atom is -0.464 e. The quantitative estimate of drug-likeness (QED) is 0.164. The summed E-state index contributed by atoms with van der Waals surface area (Å²) in [5.41, 5.74) is 2.89. The van der Waals surface area contributed by atoms with Gasteiger partial charge in [0.15, 0.2) is 9.84 Å². The summed E-state index contributed by atoms with van der Waals surface area (Å²) in [6, 6.07) is 10.9. The molecule has 2 rings (SSSR count). The Morgan fingerprint density at radius 1 is 1.14 bits per heavy atom. The number of hydrogen-bond donors (Lipinski definition) is 4. The number of nitro benzene ring substituents is 1. The van der Waals surface area contributed by atoms with Gasteiger partial charge in [-0.05, 0) is 30.0 Å². The molecule has 198 valence electrons. The van der Waals surface area contributed by atoms with Crippen LogP contribution in [0.4, 0.5) is 10.5 Å². The predicted octanol–water partition coefficient (Wildman–Crippen LogP) is 2.60. The number of phosphoric ester groups is 1. The van der Waals surface area contributed by atoms with Gasteiger partial charge in [-0.25, -0.2) is 28.2 Å². The Kier molecular flexibility index (Phi) is 10.1. The Hall–Kier alpha value is -2.87. The van der Waals surface area contributed by atoms with Crippen molar-refractivity contribution in [3.05, 3.63) is 70.3 Å². The summed E-state index contributed by atoms with van der Waals surface area (Å²) in [6.45, 7) is 3.78. The molecule has 13 nitrogen and oxygen atoms in total. The standard InChI is InChI=1S/C21H28N3O10PS/c1-15(2)13-22-23(21(25)26)19(12-16-6-4-3-5-7-16)20(34-35(29,30)31)14-36(32,33)18-10-8-17(9-11-18)24(27)28/h3-11,15,19-20,22H,12-14H2,1-2H3,(H,25,26)(H2,29,30,31)/t19-,20-/m0/s1. The molecule has 0 fully saturated rings. The highest BCUT2D eigenvalue weighted by Crippen LogP contribution is 2.40. The number of carboxylic acid groups (broad SMARTS) is 1. The molecule has 0 heterocycles. The van der Waals surface area contributed by atoms with Gasteiger partial charge in [0.2, 0.25) is 0 Å². The second kappa shape index (κ2) is 12.4. The lowest BCUT2D eigenvalue weighted by atomic mass is 10.0. The molecule has 0 bridgehead atoms. The Labute approximate surface area is 208 Å². The van der Waals surface area contributed by atoms with Crippen LogP contribution >= 0.6 is 7.82 Å². The Balaban J connectivity index is 2.54. The van der Waals surface area contributed by atoms with Crippen LogP contribution in [0.1, 0.15) is 19.4 Å². The van der Waals surface area contributed by atoms with Crippen molar-refractivity contribution < 1.29 is 42.1 Å². The number of hydrazine groups is 1. The van der Waals surface area contributed by atoms with E-state index in [1.807, 2.05) is 13.8 Å².